The molecule has 0 spiro atoms. The Morgan fingerprint density at radius 2 is 2.00 bits per heavy atom. The summed E-state index contributed by atoms with van der Waals surface area (Å²) in [6.45, 7) is 2.43. The molecule has 2 aromatic rings. The van der Waals surface area contributed by atoms with Gasteiger partial charge in [-0.25, -0.2) is 19.6 Å². The molecule has 1 aliphatic carbocycles. The number of piperidine rings is 1. The Kier molecular flexibility index (Phi) is 7.44. The summed E-state index contributed by atoms with van der Waals surface area (Å²) in [7, 11) is 1.68. The van der Waals surface area contributed by atoms with E-state index in [2.05, 4.69) is 0 Å². The van der Waals surface area contributed by atoms with Crippen molar-refractivity contribution in [1.29, 1.82) is 0 Å². The normalized spacial score (nSPS) is 18.7. The van der Waals surface area contributed by atoms with E-state index in [9.17, 15) is 13.6 Å². The lowest BCUT2D eigenvalue weighted by Gasteiger charge is -2.35. The van der Waals surface area contributed by atoms with Gasteiger partial charge in [0.25, 0.3) is 11.5 Å². The molecule has 1 aliphatic heterocycles. The number of halogens is 2. The third-order valence-corrected chi connectivity index (χ3v) is 7.15. The van der Waals surface area contributed by atoms with Gasteiger partial charge in [0.05, 0.1) is 41.6 Å². The lowest BCUT2D eigenvalue weighted by molar-refractivity contribution is -0.0117. The zero-order chi connectivity index (χ0) is 25.2. The number of anilines is 1. The van der Waals surface area contributed by atoms with Gasteiger partial charge in [-0.15, -0.1) is 0 Å². The number of hydrogen-bond acceptors (Lipinski definition) is 6. The molecule has 0 atom stereocenters. The monoisotopic (exact) mass is 486 g/mol. The van der Waals surface area contributed by atoms with Gasteiger partial charge in [0.1, 0.15) is 0 Å². The minimum atomic E-state index is -2.70. The van der Waals surface area contributed by atoms with Crippen molar-refractivity contribution in [2.45, 2.75) is 64.3 Å². The van der Waals surface area contributed by atoms with E-state index in [1.165, 1.54) is 24.3 Å². The van der Waals surface area contributed by atoms with Gasteiger partial charge in [0, 0.05) is 32.3 Å². The molecule has 35 heavy (non-hydrogen) atoms. The van der Waals surface area contributed by atoms with E-state index in [0.717, 1.165) is 12.0 Å². The van der Waals surface area contributed by atoms with Crippen molar-refractivity contribution in [3.05, 3.63) is 63.5 Å². The van der Waals surface area contributed by atoms with E-state index in [0.29, 0.717) is 53.8 Å². The quantitative estimate of drug-likeness (QED) is 0.438. The van der Waals surface area contributed by atoms with Gasteiger partial charge in [-0.05, 0) is 42.9 Å². The van der Waals surface area contributed by atoms with Gasteiger partial charge >= 0.3 is 0 Å². The summed E-state index contributed by atoms with van der Waals surface area (Å²) in [5.41, 5.74) is 10.4. The number of hydrogen-bond donors (Lipinski definition) is 2. The topological polar surface area (TPSA) is 93.4 Å². The summed E-state index contributed by atoms with van der Waals surface area (Å²) in [5, 5.41) is 1.41. The highest BCUT2D eigenvalue weighted by Crippen LogP contribution is 2.32. The smallest absolute Gasteiger partial charge is 0.265 e. The van der Waals surface area contributed by atoms with Crippen molar-refractivity contribution < 1.29 is 8.78 Å². The Morgan fingerprint density at radius 3 is 2.63 bits per heavy atom. The minimum Gasteiger partial charge on any atom is -0.395 e. The maximum absolute atomic E-state index is 14.0. The summed E-state index contributed by atoms with van der Waals surface area (Å²) in [6.07, 6.45) is 7.54. The van der Waals surface area contributed by atoms with Gasteiger partial charge < -0.3 is 20.2 Å². The summed E-state index contributed by atoms with van der Waals surface area (Å²) < 4.78 is 29.6. The van der Waals surface area contributed by atoms with E-state index in [1.807, 2.05) is 25.3 Å². The Balaban J connectivity index is 1.62. The lowest BCUT2D eigenvalue weighted by Crippen LogP contribution is -2.43. The van der Waals surface area contributed by atoms with Gasteiger partial charge in [-0.1, -0.05) is 32.3 Å². The van der Waals surface area contributed by atoms with Gasteiger partial charge in [0.2, 0.25) is 0 Å². The molecule has 0 radical (unpaired) electrons. The van der Waals surface area contributed by atoms with Crippen molar-refractivity contribution in [2.24, 2.45) is 17.5 Å². The van der Waals surface area contributed by atoms with Crippen molar-refractivity contribution in [1.82, 2.24) is 14.6 Å². The van der Waals surface area contributed by atoms with E-state index in [-0.39, 0.29) is 25.1 Å². The Labute approximate surface area is 205 Å². The Morgan fingerprint density at radius 1 is 1.23 bits per heavy atom. The van der Waals surface area contributed by atoms with Crippen LogP contribution in [0.3, 0.4) is 0 Å². The van der Waals surface area contributed by atoms with E-state index in [4.69, 9.17) is 16.6 Å². The van der Waals surface area contributed by atoms with Crippen LogP contribution in [0.15, 0.2) is 41.0 Å². The van der Waals surface area contributed by atoms with Crippen LogP contribution in [0.4, 0.5) is 14.5 Å². The van der Waals surface area contributed by atoms with E-state index >= 15 is 0 Å². The number of hydrazine groups is 1. The van der Waals surface area contributed by atoms with Crippen LogP contribution in [-0.2, 0) is 19.4 Å². The standard InChI is InChI=1S/C26H36F2N6O/c1-3-20-22(33-13-5-12-26(27,28)17-33)10-9-21(31-20)25(29)23(32(2)30)16-34-15-19(8-11-24(34)35)14-18-6-4-7-18/h8-11,15,18H,3-7,12-14,16-17,29-30H2,1-2H3/b25-23-. The van der Waals surface area contributed by atoms with Crippen LogP contribution in [0.25, 0.3) is 5.70 Å². The highest BCUT2D eigenvalue weighted by atomic mass is 19.3. The summed E-state index contributed by atoms with van der Waals surface area (Å²) >= 11 is 0. The first-order chi connectivity index (χ1) is 16.7. The number of allylic oxidation sites excluding steroid dienone is 1. The maximum Gasteiger partial charge on any atom is 0.265 e. The van der Waals surface area contributed by atoms with E-state index in [1.54, 1.807) is 28.6 Å². The van der Waals surface area contributed by atoms with Crippen molar-refractivity contribution in [2.75, 3.05) is 25.0 Å². The molecular formula is C26H36F2N6O. The third kappa shape index (κ3) is 5.83. The van der Waals surface area contributed by atoms with Crippen LogP contribution in [0, 0.1) is 5.92 Å². The molecule has 0 amide bonds. The highest BCUT2D eigenvalue weighted by Gasteiger charge is 2.36. The molecule has 7 nitrogen and oxygen atoms in total. The fourth-order valence-electron chi connectivity index (χ4n) is 4.91. The number of aromatic nitrogens is 2. The summed E-state index contributed by atoms with van der Waals surface area (Å²) in [5.74, 6) is 4.12. The molecule has 2 aromatic heterocycles. The van der Waals surface area contributed by atoms with Gasteiger partial charge in [-0.3, -0.25) is 4.79 Å². The summed E-state index contributed by atoms with van der Waals surface area (Å²) in [6, 6.07) is 7.05. The molecule has 1 saturated carbocycles. The molecule has 3 heterocycles. The van der Waals surface area contributed by atoms with Crippen LogP contribution in [0.2, 0.25) is 0 Å². The summed E-state index contributed by atoms with van der Waals surface area (Å²) in [4.78, 5) is 19.0. The van der Waals surface area contributed by atoms with Crippen molar-refractivity contribution >= 4 is 11.4 Å². The van der Waals surface area contributed by atoms with Crippen LogP contribution in [-0.4, -0.2) is 40.6 Å². The first-order valence-corrected chi connectivity index (χ1v) is 12.5. The molecule has 0 aromatic carbocycles. The number of nitrogens with zero attached hydrogens (tertiary/aromatic N) is 4. The van der Waals surface area contributed by atoms with E-state index < -0.39 is 5.92 Å². The molecule has 2 aliphatic rings. The molecule has 4 N–H and O–H groups in total. The molecule has 4 rings (SSSR count). The molecule has 1 saturated heterocycles. The van der Waals surface area contributed by atoms with Gasteiger partial charge in [-0.2, -0.15) is 0 Å². The number of aryl methyl sites for hydroxylation is 1. The SMILES string of the molecule is CCc1nc(/C(N)=C(\Cn2cc(CC3CCC3)ccc2=O)N(C)N)ccc1N1CCCC(F)(F)C1. The number of pyridine rings is 2. The Hall–Kier alpha value is -2.94. The predicted molar refractivity (Wildman–Crippen MR) is 135 cm³/mol. The Bertz CT molecular complexity index is 1140. The van der Waals surface area contributed by atoms with Crippen LogP contribution >= 0.6 is 0 Å². The first-order valence-electron chi connectivity index (χ1n) is 12.5. The number of likely N-dealkylation sites (N-methyl/N-ethyl adjacent to an activating group) is 1. The van der Waals surface area contributed by atoms with Crippen LogP contribution in [0.1, 0.15) is 56.0 Å². The molecule has 0 unspecified atom stereocenters. The molecule has 9 heteroatoms. The zero-order valence-corrected chi connectivity index (χ0v) is 20.6. The largest absolute Gasteiger partial charge is 0.395 e. The highest BCUT2D eigenvalue weighted by molar-refractivity contribution is 5.65. The molecule has 190 valence electrons. The second kappa shape index (κ2) is 10.4. The number of alkyl halides is 2. The van der Waals surface area contributed by atoms with Crippen molar-refractivity contribution in [3.8, 4) is 0 Å². The second-order valence-corrected chi connectivity index (χ2v) is 9.87. The van der Waals surface area contributed by atoms with Crippen molar-refractivity contribution in [3.63, 3.8) is 0 Å². The zero-order valence-electron chi connectivity index (χ0n) is 20.6. The average molecular weight is 487 g/mol. The molecular weight excluding hydrogens is 450 g/mol. The third-order valence-electron chi connectivity index (χ3n) is 7.15. The number of nitrogens with two attached hydrogens (primary N) is 2. The fraction of sp³-hybridized carbons (Fsp3) is 0.538. The minimum absolute atomic E-state index is 0.0838. The van der Waals surface area contributed by atoms with Gasteiger partial charge in [0.15, 0.2) is 0 Å². The first kappa shape index (κ1) is 25.2. The number of rotatable bonds is 8. The van der Waals surface area contributed by atoms with Crippen LogP contribution in [0.5, 0.6) is 0 Å². The lowest BCUT2D eigenvalue weighted by atomic mass is 9.81. The fourth-order valence-corrected chi connectivity index (χ4v) is 4.91. The molecule has 2 fully saturated rings. The molecule has 0 bridgehead atoms. The average Bonchev–Trinajstić information content (AvgIpc) is 2.79. The second-order valence-electron chi connectivity index (χ2n) is 9.87. The van der Waals surface area contributed by atoms with Crippen LogP contribution < -0.4 is 22.0 Å². The maximum atomic E-state index is 14.0. The predicted octanol–water partition coefficient (Wildman–Crippen LogP) is 3.52.